The largest absolute Gasteiger partial charge is 0.462 e. The highest BCUT2D eigenvalue weighted by Gasteiger charge is 2.33. The second kappa shape index (κ2) is 8.61. The third-order valence-electron chi connectivity index (χ3n) is 5.33. The Bertz CT molecular complexity index is 916. The van der Waals surface area contributed by atoms with Crippen LogP contribution in [0.25, 0.3) is 0 Å². The van der Waals surface area contributed by atoms with Crippen LogP contribution in [0.15, 0.2) is 48.5 Å². The van der Waals surface area contributed by atoms with Crippen molar-refractivity contribution in [2.45, 2.75) is 13.0 Å². The second-order valence-electron chi connectivity index (χ2n) is 7.36. The van der Waals surface area contributed by atoms with Gasteiger partial charge in [0.15, 0.2) is 6.10 Å². The summed E-state index contributed by atoms with van der Waals surface area (Å²) >= 11 is 0. The predicted octanol–water partition coefficient (Wildman–Crippen LogP) is 3.04. The van der Waals surface area contributed by atoms with Crippen LogP contribution < -0.4 is 14.7 Å². The van der Waals surface area contributed by atoms with Gasteiger partial charge in [0.25, 0.3) is 0 Å². The van der Waals surface area contributed by atoms with Gasteiger partial charge >= 0.3 is 12.1 Å². The molecule has 7 nitrogen and oxygen atoms in total. The summed E-state index contributed by atoms with van der Waals surface area (Å²) in [4.78, 5) is 28.7. The Labute approximate surface area is 174 Å². The lowest BCUT2D eigenvalue weighted by atomic mass is 10.2. The summed E-state index contributed by atoms with van der Waals surface area (Å²) < 4.78 is 25.0. The van der Waals surface area contributed by atoms with E-state index in [0.29, 0.717) is 24.5 Å². The molecule has 8 heteroatoms. The van der Waals surface area contributed by atoms with Crippen molar-refractivity contribution in [2.75, 3.05) is 54.0 Å². The average molecular weight is 413 g/mol. The number of halogens is 1. The van der Waals surface area contributed by atoms with Crippen molar-refractivity contribution in [3.8, 4) is 0 Å². The Balaban J connectivity index is 1.39. The predicted molar refractivity (Wildman–Crippen MR) is 112 cm³/mol. The summed E-state index contributed by atoms with van der Waals surface area (Å²) in [6.07, 6.45) is -1.13. The molecule has 2 aromatic carbocycles. The van der Waals surface area contributed by atoms with Gasteiger partial charge in [-0.05, 0) is 30.3 Å². The van der Waals surface area contributed by atoms with Crippen molar-refractivity contribution in [1.82, 2.24) is 0 Å². The maximum absolute atomic E-state index is 14.9. The summed E-state index contributed by atoms with van der Waals surface area (Å²) in [6, 6.07) is 15.0. The van der Waals surface area contributed by atoms with Crippen LogP contribution in [-0.4, -0.2) is 57.5 Å². The standard InChI is InChI=1S/C22H24FN3O4/c1-16(27)29-15-19-14-26(22(28)30-19)18-7-8-21(20(23)13-18)25-11-9-24(10-12-25)17-5-3-2-4-6-17/h2-8,13,19H,9-12,14-15H2,1H3/t19-/m0/s1. The number of nitrogens with zero attached hydrogens (tertiary/aromatic N) is 3. The topological polar surface area (TPSA) is 62.3 Å². The van der Waals surface area contributed by atoms with Gasteiger partial charge in [-0.1, -0.05) is 18.2 Å². The molecule has 0 spiro atoms. The third-order valence-corrected chi connectivity index (χ3v) is 5.33. The van der Waals surface area contributed by atoms with Crippen LogP contribution in [0.5, 0.6) is 0 Å². The van der Waals surface area contributed by atoms with Gasteiger partial charge in [-0.3, -0.25) is 9.69 Å². The molecule has 30 heavy (non-hydrogen) atoms. The minimum atomic E-state index is -0.573. The fourth-order valence-electron chi connectivity index (χ4n) is 3.79. The monoisotopic (exact) mass is 413 g/mol. The van der Waals surface area contributed by atoms with E-state index in [9.17, 15) is 14.0 Å². The highest BCUT2D eigenvalue weighted by atomic mass is 19.1. The van der Waals surface area contributed by atoms with Crippen LogP contribution >= 0.6 is 0 Å². The molecule has 0 bridgehead atoms. The summed E-state index contributed by atoms with van der Waals surface area (Å²) in [6.45, 7) is 4.53. The molecule has 2 heterocycles. The first-order valence-corrected chi connectivity index (χ1v) is 9.97. The zero-order valence-corrected chi connectivity index (χ0v) is 16.8. The molecule has 2 fully saturated rings. The number of piperazine rings is 1. The van der Waals surface area contributed by atoms with Crippen molar-refractivity contribution in [3.05, 3.63) is 54.3 Å². The van der Waals surface area contributed by atoms with Crippen LogP contribution in [0.3, 0.4) is 0 Å². The molecule has 2 aromatic rings. The van der Waals surface area contributed by atoms with Gasteiger partial charge in [0.1, 0.15) is 12.4 Å². The lowest BCUT2D eigenvalue weighted by molar-refractivity contribution is -0.143. The van der Waals surface area contributed by atoms with Gasteiger partial charge in [-0.15, -0.1) is 0 Å². The first-order chi connectivity index (χ1) is 14.5. The van der Waals surface area contributed by atoms with Gasteiger partial charge in [-0.2, -0.15) is 0 Å². The number of rotatable bonds is 5. The molecular weight excluding hydrogens is 389 g/mol. The van der Waals surface area contributed by atoms with Crippen LogP contribution in [-0.2, 0) is 14.3 Å². The summed E-state index contributed by atoms with van der Waals surface area (Å²) in [5.74, 6) is -0.816. The Morgan fingerprint density at radius 3 is 2.43 bits per heavy atom. The molecule has 4 rings (SSSR count). The van der Waals surface area contributed by atoms with Crippen molar-refractivity contribution in [1.29, 1.82) is 0 Å². The van der Waals surface area contributed by atoms with E-state index in [0.717, 1.165) is 13.1 Å². The number of ether oxygens (including phenoxy) is 2. The zero-order valence-electron chi connectivity index (χ0n) is 16.8. The molecular formula is C22H24FN3O4. The highest BCUT2D eigenvalue weighted by molar-refractivity contribution is 5.90. The SMILES string of the molecule is CC(=O)OC[C@@H]1CN(c2ccc(N3CCN(c4ccccc4)CC3)c(F)c2)C(=O)O1. The number of benzene rings is 2. The van der Waals surface area contributed by atoms with Crippen LogP contribution in [0.2, 0.25) is 0 Å². The van der Waals surface area contributed by atoms with Crippen LogP contribution in [0, 0.1) is 5.82 Å². The number of cyclic esters (lactones) is 1. The van der Waals surface area contributed by atoms with Gasteiger partial charge in [-0.25, -0.2) is 9.18 Å². The van der Waals surface area contributed by atoms with Crippen molar-refractivity contribution in [2.24, 2.45) is 0 Å². The molecule has 2 aliphatic heterocycles. The number of esters is 1. The number of hydrogen-bond donors (Lipinski definition) is 0. The minimum Gasteiger partial charge on any atom is -0.462 e. The van der Waals surface area contributed by atoms with Crippen LogP contribution in [0.1, 0.15) is 6.92 Å². The molecule has 0 unspecified atom stereocenters. The molecule has 1 amide bonds. The first-order valence-electron chi connectivity index (χ1n) is 9.97. The minimum absolute atomic E-state index is 0.0101. The van der Waals surface area contributed by atoms with E-state index in [1.807, 2.05) is 23.1 Å². The van der Waals surface area contributed by atoms with Crippen molar-refractivity contribution >= 4 is 29.1 Å². The molecule has 0 saturated carbocycles. The van der Waals surface area contributed by atoms with Crippen molar-refractivity contribution < 1.29 is 23.5 Å². The molecule has 1 atom stereocenters. The number of para-hydroxylation sites is 1. The molecule has 2 saturated heterocycles. The van der Waals surface area contributed by atoms with E-state index in [4.69, 9.17) is 9.47 Å². The molecule has 0 aromatic heterocycles. The van der Waals surface area contributed by atoms with E-state index in [-0.39, 0.29) is 19.0 Å². The van der Waals surface area contributed by atoms with Gasteiger partial charge in [0.2, 0.25) is 0 Å². The number of carbonyl (C=O) groups excluding carboxylic acids is 2. The second-order valence-corrected chi connectivity index (χ2v) is 7.36. The molecule has 0 radical (unpaired) electrons. The third kappa shape index (κ3) is 4.32. The van der Waals surface area contributed by atoms with Crippen molar-refractivity contribution in [3.63, 3.8) is 0 Å². The quantitative estimate of drug-likeness (QED) is 0.703. The zero-order chi connectivity index (χ0) is 21.1. The lowest BCUT2D eigenvalue weighted by Gasteiger charge is -2.37. The number of carbonyl (C=O) groups is 2. The maximum Gasteiger partial charge on any atom is 0.414 e. The van der Waals surface area contributed by atoms with E-state index >= 15 is 0 Å². The highest BCUT2D eigenvalue weighted by Crippen LogP contribution is 2.29. The molecule has 0 N–H and O–H groups in total. The Kier molecular flexibility index (Phi) is 5.74. The van der Waals surface area contributed by atoms with E-state index < -0.39 is 18.2 Å². The molecule has 2 aliphatic rings. The smallest absolute Gasteiger partial charge is 0.414 e. The maximum atomic E-state index is 14.9. The Morgan fingerprint density at radius 2 is 1.77 bits per heavy atom. The number of hydrogen-bond acceptors (Lipinski definition) is 6. The van der Waals surface area contributed by atoms with E-state index in [1.54, 1.807) is 12.1 Å². The van der Waals surface area contributed by atoms with Gasteiger partial charge < -0.3 is 19.3 Å². The summed E-state index contributed by atoms with van der Waals surface area (Å²) in [7, 11) is 0. The summed E-state index contributed by atoms with van der Waals surface area (Å²) in [5.41, 5.74) is 2.12. The fourth-order valence-corrected chi connectivity index (χ4v) is 3.79. The number of anilines is 3. The van der Waals surface area contributed by atoms with Gasteiger partial charge in [0, 0.05) is 38.8 Å². The first kappa shape index (κ1) is 20.0. The molecule has 0 aliphatic carbocycles. The average Bonchev–Trinajstić information content (AvgIpc) is 3.13. The normalized spacial score (nSPS) is 19.1. The fraction of sp³-hybridized carbons (Fsp3) is 0.364. The van der Waals surface area contributed by atoms with Crippen LogP contribution in [0.4, 0.5) is 26.2 Å². The molecule has 158 valence electrons. The summed E-state index contributed by atoms with van der Waals surface area (Å²) in [5, 5.41) is 0. The Morgan fingerprint density at radius 1 is 1.07 bits per heavy atom. The van der Waals surface area contributed by atoms with E-state index in [1.165, 1.54) is 23.6 Å². The van der Waals surface area contributed by atoms with E-state index in [2.05, 4.69) is 17.0 Å². The van der Waals surface area contributed by atoms with Gasteiger partial charge in [0.05, 0.1) is 17.9 Å². The Hall–Kier alpha value is -3.29. The number of amides is 1. The lowest BCUT2D eigenvalue weighted by Crippen LogP contribution is -2.46.